The third-order valence-electron chi connectivity index (χ3n) is 5.93. The largest absolute Gasteiger partial charge is 0.180 e. The van der Waals surface area contributed by atoms with Gasteiger partial charge in [0.2, 0.25) is 0 Å². The first kappa shape index (κ1) is 15.6. The third kappa shape index (κ3) is 2.47. The zero-order valence-electron chi connectivity index (χ0n) is 12.6. The molecule has 0 fully saturated rings. The van der Waals surface area contributed by atoms with Gasteiger partial charge in [-0.05, 0) is 12.1 Å². The molecule has 0 aliphatic carbocycles. The molecule has 0 amide bonds. The Morgan fingerprint density at radius 1 is 0.944 bits per heavy atom. The maximum atomic E-state index is 6.03. The number of rotatable bonds is 6. The second-order valence-corrected chi connectivity index (χ2v) is 6.42. The van der Waals surface area contributed by atoms with Crippen molar-refractivity contribution in [2.24, 2.45) is 0 Å². The van der Waals surface area contributed by atoms with E-state index >= 15 is 0 Å². The fourth-order valence-corrected chi connectivity index (χ4v) is 4.16. The van der Waals surface area contributed by atoms with Crippen LogP contribution in [0.2, 0.25) is 24.0 Å². The highest BCUT2D eigenvalue weighted by atomic mass is 35.5. The molecular weight excluding hydrogens is 238 g/mol. The van der Waals surface area contributed by atoms with Crippen molar-refractivity contribution < 1.29 is 0 Å². The Bertz CT molecular complexity index is 359. The van der Waals surface area contributed by atoms with Crippen molar-refractivity contribution in [3.8, 4) is 0 Å². The first-order chi connectivity index (χ1) is 8.49. The first-order valence-corrected chi connectivity index (χ1v) is 7.83. The van der Waals surface area contributed by atoms with Gasteiger partial charge in [-0.2, -0.15) is 19.0 Å². The molecule has 1 aromatic rings. The summed E-state index contributed by atoms with van der Waals surface area (Å²) in [7, 11) is 0. The maximum Gasteiger partial charge on any atom is 0.0406 e. The Balaban J connectivity index is 3.30. The van der Waals surface area contributed by atoms with Crippen LogP contribution < -0.4 is 0 Å². The highest BCUT2D eigenvalue weighted by Crippen LogP contribution is 2.44. The predicted molar refractivity (Wildman–Crippen MR) is 86.3 cm³/mol. The van der Waals surface area contributed by atoms with Crippen LogP contribution in [-0.4, -0.2) is 6.15 Å². The van der Waals surface area contributed by atoms with E-state index in [1.54, 1.807) is 0 Å². The molecule has 1 rings (SSSR count). The Labute approximate surface area is 118 Å². The normalized spacial score (nSPS) is 15.4. The zero-order chi connectivity index (χ0) is 13.8. The highest BCUT2D eigenvalue weighted by molar-refractivity contribution is 6.82. The summed E-state index contributed by atoms with van der Waals surface area (Å²) >= 11 is 6.03. The van der Waals surface area contributed by atoms with Crippen molar-refractivity contribution in [3.05, 3.63) is 34.9 Å². The molecule has 0 radical (unpaired) electrons. The molecule has 0 heterocycles. The standard InChI is InChI=1S/C16H27BCl/c1-6-16(5,17(7-2,8-3)9-4)14-10-12-15(18)13-11-14/h10-13H,6-9H2,1-5H3/q-1. The van der Waals surface area contributed by atoms with E-state index < -0.39 is 0 Å². The smallest absolute Gasteiger partial charge is 0.0406 e. The van der Waals surface area contributed by atoms with Gasteiger partial charge in [-0.1, -0.05) is 70.3 Å². The molecule has 0 saturated carbocycles. The number of hydrogen-bond acceptors (Lipinski definition) is 0. The molecule has 18 heavy (non-hydrogen) atoms. The average Bonchev–Trinajstić information content (AvgIpc) is 2.41. The van der Waals surface area contributed by atoms with Crippen molar-refractivity contribution >= 4 is 17.7 Å². The van der Waals surface area contributed by atoms with Crippen LogP contribution in [0.3, 0.4) is 0 Å². The molecule has 0 saturated heterocycles. The highest BCUT2D eigenvalue weighted by Gasteiger charge is 2.38. The van der Waals surface area contributed by atoms with E-state index in [1.165, 1.54) is 30.9 Å². The molecule has 0 aromatic heterocycles. The van der Waals surface area contributed by atoms with Gasteiger partial charge in [-0.25, -0.2) is 0 Å². The SMILES string of the molecule is CC[B-](CC)(CC)C(C)(CC)c1ccc(Cl)cc1. The third-order valence-corrected chi connectivity index (χ3v) is 6.19. The Hall–Kier alpha value is -0.425. The van der Waals surface area contributed by atoms with E-state index in [2.05, 4.69) is 46.8 Å². The summed E-state index contributed by atoms with van der Waals surface area (Å²) in [6, 6.07) is 8.52. The van der Waals surface area contributed by atoms with Gasteiger partial charge in [0.25, 0.3) is 0 Å². The molecular formula is C16H27BCl-. The van der Waals surface area contributed by atoms with Gasteiger partial charge in [-0.15, -0.1) is 5.31 Å². The molecule has 0 aliphatic heterocycles. The van der Waals surface area contributed by atoms with Crippen molar-refractivity contribution in [1.82, 2.24) is 0 Å². The molecule has 0 N–H and O–H groups in total. The van der Waals surface area contributed by atoms with Crippen LogP contribution >= 0.6 is 11.6 Å². The molecule has 0 spiro atoms. The van der Waals surface area contributed by atoms with Crippen LogP contribution in [0, 0.1) is 0 Å². The summed E-state index contributed by atoms with van der Waals surface area (Å²) in [5.41, 5.74) is 1.46. The van der Waals surface area contributed by atoms with Gasteiger partial charge in [0.05, 0.1) is 0 Å². The van der Waals surface area contributed by atoms with Crippen LogP contribution in [0.5, 0.6) is 0 Å². The van der Waals surface area contributed by atoms with Crippen molar-refractivity contribution in [2.45, 2.75) is 65.3 Å². The number of benzene rings is 1. The monoisotopic (exact) mass is 265 g/mol. The minimum atomic E-state index is -0.361. The molecule has 0 bridgehead atoms. The van der Waals surface area contributed by atoms with Gasteiger partial charge in [0, 0.05) is 11.2 Å². The van der Waals surface area contributed by atoms with Crippen LogP contribution in [-0.2, 0) is 5.31 Å². The lowest BCUT2D eigenvalue weighted by Crippen LogP contribution is -2.52. The van der Waals surface area contributed by atoms with Crippen LogP contribution in [0.15, 0.2) is 24.3 Å². The Morgan fingerprint density at radius 2 is 1.39 bits per heavy atom. The van der Waals surface area contributed by atoms with Crippen molar-refractivity contribution in [2.75, 3.05) is 0 Å². The summed E-state index contributed by atoms with van der Waals surface area (Å²) in [6.45, 7) is 11.9. The van der Waals surface area contributed by atoms with Crippen LogP contribution in [0.4, 0.5) is 0 Å². The van der Waals surface area contributed by atoms with Gasteiger partial charge in [0.1, 0.15) is 0 Å². The molecule has 102 valence electrons. The van der Waals surface area contributed by atoms with Crippen molar-refractivity contribution in [1.29, 1.82) is 0 Å². The lowest BCUT2D eigenvalue weighted by Gasteiger charge is -2.54. The van der Waals surface area contributed by atoms with Gasteiger partial charge < -0.3 is 0 Å². The van der Waals surface area contributed by atoms with E-state index in [1.807, 2.05) is 12.1 Å². The quantitative estimate of drug-likeness (QED) is 0.549. The minimum absolute atomic E-state index is 0.294. The fraction of sp³-hybridized carbons (Fsp3) is 0.625. The summed E-state index contributed by atoms with van der Waals surface area (Å²) in [4.78, 5) is 0. The second-order valence-electron chi connectivity index (χ2n) is 5.98. The predicted octanol–water partition coefficient (Wildman–Crippen LogP) is 6.06. The van der Waals surface area contributed by atoms with Crippen LogP contribution in [0.25, 0.3) is 0 Å². The lowest BCUT2D eigenvalue weighted by molar-refractivity contribution is 0.598. The second kappa shape index (κ2) is 6.15. The first-order valence-electron chi connectivity index (χ1n) is 7.46. The minimum Gasteiger partial charge on any atom is -0.180 e. The number of hydrogen-bond donors (Lipinski definition) is 0. The molecule has 0 nitrogen and oxygen atoms in total. The van der Waals surface area contributed by atoms with E-state index in [4.69, 9.17) is 11.6 Å². The molecule has 1 aromatic carbocycles. The molecule has 0 aliphatic rings. The molecule has 2 heteroatoms. The van der Waals surface area contributed by atoms with E-state index in [0.29, 0.717) is 5.31 Å². The molecule has 1 unspecified atom stereocenters. The topological polar surface area (TPSA) is 0 Å². The van der Waals surface area contributed by atoms with Gasteiger partial charge >= 0.3 is 0 Å². The summed E-state index contributed by atoms with van der Waals surface area (Å²) in [6.07, 6.45) is 4.71. The molecule has 1 atom stereocenters. The lowest BCUT2D eigenvalue weighted by atomic mass is 9.09. The summed E-state index contributed by atoms with van der Waals surface area (Å²) in [5, 5.41) is 1.13. The Morgan fingerprint density at radius 3 is 1.72 bits per heavy atom. The van der Waals surface area contributed by atoms with E-state index in [-0.39, 0.29) is 6.15 Å². The van der Waals surface area contributed by atoms with Gasteiger partial charge in [0.15, 0.2) is 0 Å². The average molecular weight is 266 g/mol. The van der Waals surface area contributed by atoms with Crippen LogP contribution in [0.1, 0.15) is 46.6 Å². The summed E-state index contributed by atoms with van der Waals surface area (Å²) < 4.78 is 0. The Kier molecular flexibility index (Phi) is 5.34. The van der Waals surface area contributed by atoms with Gasteiger partial charge in [-0.3, -0.25) is 0 Å². The number of halogens is 1. The maximum absolute atomic E-state index is 6.03. The summed E-state index contributed by atoms with van der Waals surface area (Å²) in [5.74, 6) is 0. The zero-order valence-corrected chi connectivity index (χ0v) is 13.3. The van der Waals surface area contributed by atoms with E-state index in [0.717, 1.165) is 5.02 Å². The van der Waals surface area contributed by atoms with E-state index in [9.17, 15) is 0 Å². The van der Waals surface area contributed by atoms with Crippen molar-refractivity contribution in [3.63, 3.8) is 0 Å². The fourth-order valence-electron chi connectivity index (χ4n) is 4.04.